The number of nitrogens with one attached hydrogen (secondary N) is 1. The van der Waals surface area contributed by atoms with Gasteiger partial charge in [-0.3, -0.25) is 4.79 Å². The van der Waals surface area contributed by atoms with Crippen molar-refractivity contribution in [1.82, 2.24) is 0 Å². The van der Waals surface area contributed by atoms with Crippen molar-refractivity contribution in [2.45, 2.75) is 26.9 Å². The van der Waals surface area contributed by atoms with E-state index in [0.29, 0.717) is 10.8 Å². The van der Waals surface area contributed by atoms with Gasteiger partial charge in [-0.25, -0.2) is 13.6 Å². The van der Waals surface area contributed by atoms with Gasteiger partial charge in [0, 0.05) is 5.02 Å². The number of anilines is 1. The zero-order valence-electron chi connectivity index (χ0n) is 14.9. The number of halogens is 3. The molecule has 0 heterocycles. The van der Waals surface area contributed by atoms with Gasteiger partial charge >= 0.3 is 5.97 Å². The van der Waals surface area contributed by atoms with E-state index in [1.807, 2.05) is 0 Å². The summed E-state index contributed by atoms with van der Waals surface area (Å²) in [6.45, 7) is 4.40. The monoisotopic (exact) mass is 397 g/mol. The number of carbonyl (C=O) groups is 2. The summed E-state index contributed by atoms with van der Waals surface area (Å²) in [6, 6.07) is 6.55. The summed E-state index contributed by atoms with van der Waals surface area (Å²) in [5.41, 5.74) is 0.885. The third-order valence-corrected chi connectivity index (χ3v) is 3.87. The van der Waals surface area contributed by atoms with Crippen LogP contribution in [-0.4, -0.2) is 24.6 Å². The maximum absolute atomic E-state index is 13.6. The van der Waals surface area contributed by atoms with Gasteiger partial charge in [0.25, 0.3) is 5.91 Å². The summed E-state index contributed by atoms with van der Waals surface area (Å²) in [6.07, 6.45) is -1.27. The number of esters is 1. The first-order valence-corrected chi connectivity index (χ1v) is 8.40. The quantitative estimate of drug-likeness (QED) is 0.742. The summed E-state index contributed by atoms with van der Waals surface area (Å²) >= 11 is 5.93. The molecule has 0 aliphatic carbocycles. The van der Waals surface area contributed by atoms with Crippen LogP contribution < -0.4 is 10.1 Å². The van der Waals surface area contributed by atoms with Gasteiger partial charge in [-0.15, -0.1) is 0 Å². The lowest BCUT2D eigenvalue weighted by Crippen LogP contribution is -2.32. The molecule has 27 heavy (non-hydrogen) atoms. The van der Waals surface area contributed by atoms with Crippen LogP contribution in [0.4, 0.5) is 14.5 Å². The van der Waals surface area contributed by atoms with Gasteiger partial charge in [-0.05, 0) is 56.2 Å². The highest BCUT2D eigenvalue weighted by atomic mass is 35.5. The first-order valence-electron chi connectivity index (χ1n) is 8.03. The van der Waals surface area contributed by atoms with Crippen molar-refractivity contribution in [1.29, 1.82) is 0 Å². The predicted molar refractivity (Wildman–Crippen MR) is 97.0 cm³/mol. The highest BCUT2D eigenvalue weighted by Crippen LogP contribution is 2.27. The molecular formula is C19H18ClF2NO4. The molecule has 0 spiro atoms. The lowest BCUT2D eigenvalue weighted by atomic mass is 10.1. The van der Waals surface area contributed by atoms with Crippen LogP contribution in [0.15, 0.2) is 30.3 Å². The van der Waals surface area contributed by atoms with Crippen LogP contribution in [0.3, 0.4) is 0 Å². The Kier molecular flexibility index (Phi) is 6.74. The SMILES string of the molecule is Cc1cc(Cl)cc(C)c1OCC(=O)O[C@H](C)C(=O)Nc1c(F)cccc1F. The van der Waals surface area contributed by atoms with E-state index in [1.54, 1.807) is 26.0 Å². The van der Waals surface area contributed by atoms with Crippen LogP contribution >= 0.6 is 11.6 Å². The highest BCUT2D eigenvalue weighted by molar-refractivity contribution is 6.30. The van der Waals surface area contributed by atoms with E-state index in [0.717, 1.165) is 23.3 Å². The average Bonchev–Trinajstić information content (AvgIpc) is 2.57. The Labute approximate surface area is 160 Å². The highest BCUT2D eigenvalue weighted by Gasteiger charge is 2.21. The number of hydrogen-bond donors (Lipinski definition) is 1. The van der Waals surface area contributed by atoms with Crippen LogP contribution in [0.25, 0.3) is 0 Å². The predicted octanol–water partition coefficient (Wildman–Crippen LogP) is 4.18. The molecule has 1 atom stereocenters. The van der Waals surface area contributed by atoms with Crippen molar-refractivity contribution < 1.29 is 27.8 Å². The van der Waals surface area contributed by atoms with E-state index in [1.165, 1.54) is 13.0 Å². The van der Waals surface area contributed by atoms with Gasteiger partial charge in [0.2, 0.25) is 0 Å². The normalized spacial score (nSPS) is 11.6. The van der Waals surface area contributed by atoms with Crippen LogP contribution in [0.1, 0.15) is 18.1 Å². The first-order chi connectivity index (χ1) is 12.7. The number of benzene rings is 2. The number of hydrogen-bond acceptors (Lipinski definition) is 4. The van der Waals surface area contributed by atoms with Crippen molar-refractivity contribution in [3.63, 3.8) is 0 Å². The van der Waals surface area contributed by atoms with Crippen LogP contribution in [0.2, 0.25) is 5.02 Å². The standard InChI is InChI=1S/C19H18ClF2NO4/c1-10-7-13(20)8-11(2)18(10)26-9-16(24)27-12(3)19(25)23-17-14(21)5-4-6-15(17)22/h4-8,12H,9H2,1-3H3,(H,23,25)/t12-/m1/s1. The second kappa shape index (κ2) is 8.81. The molecule has 0 aliphatic rings. The molecule has 0 aliphatic heterocycles. The molecule has 8 heteroatoms. The van der Waals surface area contributed by atoms with Crippen molar-refractivity contribution in [3.8, 4) is 5.75 Å². The van der Waals surface area contributed by atoms with Gasteiger partial charge in [0.1, 0.15) is 23.1 Å². The molecule has 0 fully saturated rings. The molecular weight excluding hydrogens is 380 g/mol. The van der Waals surface area contributed by atoms with Crippen molar-refractivity contribution in [2.24, 2.45) is 0 Å². The van der Waals surface area contributed by atoms with Gasteiger partial charge < -0.3 is 14.8 Å². The first kappa shape index (κ1) is 20.6. The number of aryl methyl sites for hydroxylation is 2. The molecule has 2 rings (SSSR count). The number of ether oxygens (including phenoxy) is 2. The zero-order valence-corrected chi connectivity index (χ0v) is 15.7. The minimum Gasteiger partial charge on any atom is -0.481 e. The number of amides is 1. The fourth-order valence-corrected chi connectivity index (χ4v) is 2.71. The van der Waals surface area contributed by atoms with E-state index in [-0.39, 0.29) is 0 Å². The summed E-state index contributed by atoms with van der Waals surface area (Å²) in [4.78, 5) is 23.9. The van der Waals surface area contributed by atoms with Crippen LogP contribution in [-0.2, 0) is 14.3 Å². The van der Waals surface area contributed by atoms with Crippen LogP contribution in [0.5, 0.6) is 5.75 Å². The number of rotatable bonds is 6. The fraction of sp³-hybridized carbons (Fsp3) is 0.263. The van der Waals surface area contributed by atoms with E-state index >= 15 is 0 Å². The third-order valence-electron chi connectivity index (χ3n) is 3.65. The van der Waals surface area contributed by atoms with Gasteiger partial charge in [-0.2, -0.15) is 0 Å². The Hall–Kier alpha value is -2.67. The molecule has 0 bridgehead atoms. The van der Waals surface area contributed by atoms with Gasteiger partial charge in [0.15, 0.2) is 12.7 Å². The zero-order chi connectivity index (χ0) is 20.1. The Morgan fingerprint density at radius 2 is 1.70 bits per heavy atom. The summed E-state index contributed by atoms with van der Waals surface area (Å²) in [7, 11) is 0. The summed E-state index contributed by atoms with van der Waals surface area (Å²) in [5.74, 6) is -3.05. The van der Waals surface area contributed by atoms with Crippen molar-refractivity contribution in [2.75, 3.05) is 11.9 Å². The lowest BCUT2D eigenvalue weighted by molar-refractivity contribution is -0.155. The number of para-hydroxylation sites is 1. The minimum atomic E-state index is -1.27. The topological polar surface area (TPSA) is 64.6 Å². The Morgan fingerprint density at radius 1 is 1.15 bits per heavy atom. The molecule has 2 aromatic carbocycles. The smallest absolute Gasteiger partial charge is 0.344 e. The second-order valence-electron chi connectivity index (χ2n) is 5.88. The molecule has 0 radical (unpaired) electrons. The van der Waals surface area contributed by atoms with Crippen LogP contribution in [0, 0.1) is 25.5 Å². The van der Waals surface area contributed by atoms with Crippen molar-refractivity contribution in [3.05, 3.63) is 58.1 Å². The Morgan fingerprint density at radius 3 is 2.26 bits per heavy atom. The molecule has 1 amide bonds. The van der Waals surface area contributed by atoms with E-state index in [4.69, 9.17) is 21.1 Å². The van der Waals surface area contributed by atoms with E-state index < -0.39 is 41.9 Å². The fourth-order valence-electron chi connectivity index (χ4n) is 2.38. The molecule has 0 saturated heterocycles. The van der Waals surface area contributed by atoms with Crippen molar-refractivity contribution >= 4 is 29.2 Å². The average molecular weight is 398 g/mol. The second-order valence-corrected chi connectivity index (χ2v) is 6.31. The van der Waals surface area contributed by atoms with E-state index in [2.05, 4.69) is 5.32 Å². The molecule has 2 aromatic rings. The minimum absolute atomic E-state index is 0.436. The lowest BCUT2D eigenvalue weighted by Gasteiger charge is -2.16. The maximum atomic E-state index is 13.6. The Balaban J connectivity index is 1.93. The number of carbonyl (C=O) groups excluding carboxylic acids is 2. The maximum Gasteiger partial charge on any atom is 0.344 e. The molecule has 144 valence electrons. The molecule has 0 saturated carbocycles. The van der Waals surface area contributed by atoms with Gasteiger partial charge in [0.05, 0.1) is 0 Å². The molecule has 1 N–H and O–H groups in total. The molecule has 0 aromatic heterocycles. The Bertz CT molecular complexity index is 830. The largest absolute Gasteiger partial charge is 0.481 e. The summed E-state index contributed by atoms with van der Waals surface area (Å²) < 4.78 is 37.5. The molecule has 0 unspecified atom stereocenters. The molecule has 5 nitrogen and oxygen atoms in total. The third kappa shape index (κ3) is 5.40. The van der Waals surface area contributed by atoms with Gasteiger partial charge in [-0.1, -0.05) is 17.7 Å². The summed E-state index contributed by atoms with van der Waals surface area (Å²) in [5, 5.41) is 2.61. The van der Waals surface area contributed by atoms with E-state index in [9.17, 15) is 18.4 Å².